The Morgan fingerprint density at radius 2 is 1.04 bits per heavy atom. The van der Waals surface area contributed by atoms with E-state index in [4.69, 9.17) is 0 Å². The zero-order valence-corrected chi connectivity index (χ0v) is 29.1. The van der Waals surface area contributed by atoms with Crippen molar-refractivity contribution in [1.29, 1.82) is 0 Å². The van der Waals surface area contributed by atoms with Crippen molar-refractivity contribution < 1.29 is 0 Å². The summed E-state index contributed by atoms with van der Waals surface area (Å²) in [5.41, 5.74) is 13.7. The summed E-state index contributed by atoms with van der Waals surface area (Å²) < 4.78 is 0. The first-order valence-corrected chi connectivity index (χ1v) is 17.4. The fourth-order valence-electron chi connectivity index (χ4n) is 7.12. The zero-order valence-electron chi connectivity index (χ0n) is 29.1. The molecule has 0 aromatic heterocycles. The molecule has 48 heavy (non-hydrogen) atoms. The topological polar surface area (TPSA) is 6.48 Å². The molecule has 1 aliphatic rings. The maximum atomic E-state index is 2.51. The second-order valence-corrected chi connectivity index (χ2v) is 14.0. The Hall–Kier alpha value is -5.08. The van der Waals surface area contributed by atoms with Crippen LogP contribution in [-0.2, 0) is 6.42 Å². The van der Waals surface area contributed by atoms with E-state index >= 15 is 0 Å². The molecule has 1 atom stereocenters. The molecular formula is C46H46N2. The smallest absolute Gasteiger partial charge is 0.0616 e. The van der Waals surface area contributed by atoms with Gasteiger partial charge in [-0.15, -0.1) is 0 Å². The van der Waals surface area contributed by atoms with E-state index in [9.17, 15) is 0 Å². The molecule has 2 nitrogen and oxygen atoms in total. The van der Waals surface area contributed by atoms with Gasteiger partial charge in [0.15, 0.2) is 0 Å². The third-order valence-electron chi connectivity index (χ3n) is 9.95. The molecule has 240 valence electrons. The maximum absolute atomic E-state index is 2.51. The molecule has 0 amide bonds. The largest absolute Gasteiger partial charge is 0.310 e. The van der Waals surface area contributed by atoms with E-state index in [0.29, 0.717) is 17.8 Å². The third-order valence-corrected chi connectivity index (χ3v) is 9.95. The van der Waals surface area contributed by atoms with Crippen molar-refractivity contribution in [3.05, 3.63) is 161 Å². The minimum Gasteiger partial charge on any atom is -0.310 e. The van der Waals surface area contributed by atoms with Crippen molar-refractivity contribution in [2.75, 3.05) is 9.80 Å². The Balaban J connectivity index is 1.65. The van der Waals surface area contributed by atoms with E-state index in [0.717, 1.165) is 17.8 Å². The zero-order chi connectivity index (χ0) is 33.4. The summed E-state index contributed by atoms with van der Waals surface area (Å²) in [6.07, 6.45) is 5.88. The van der Waals surface area contributed by atoms with Crippen LogP contribution >= 0.6 is 0 Å². The average Bonchev–Trinajstić information content (AvgIpc) is 3.11. The molecule has 0 saturated heterocycles. The lowest BCUT2D eigenvalue weighted by Crippen LogP contribution is -2.21. The highest BCUT2D eigenvalue weighted by atomic mass is 15.2. The Morgan fingerprint density at radius 3 is 1.54 bits per heavy atom. The van der Waals surface area contributed by atoms with Gasteiger partial charge in [0.2, 0.25) is 0 Å². The predicted octanol–water partition coefficient (Wildman–Crippen LogP) is 13.4. The van der Waals surface area contributed by atoms with Crippen molar-refractivity contribution >= 4 is 51.0 Å². The van der Waals surface area contributed by atoms with E-state index in [1.165, 1.54) is 61.3 Å². The van der Waals surface area contributed by atoms with Crippen LogP contribution in [0.3, 0.4) is 0 Å². The number of aryl methyl sites for hydroxylation is 2. The summed E-state index contributed by atoms with van der Waals surface area (Å²) in [6, 6.07) is 47.0. The van der Waals surface area contributed by atoms with Crippen molar-refractivity contribution in [3.8, 4) is 0 Å². The van der Waals surface area contributed by atoms with E-state index in [1.807, 2.05) is 0 Å². The standard InChI is InChI=1S/C46H46N2/c1-31(2)35-21-27-41-43(29-35)45(47(37-13-9-7-10-14-37)39-23-17-33(5)18-24-39)42-28-22-36(32(3)4)30-44(42)46(41)48(38-15-11-8-12-16-38)40-25-19-34(6)20-26-40/h7-29,31-32,36H,30H2,1-6H3. The normalized spacial score (nSPS) is 14.0. The number of para-hydroxylation sites is 2. The van der Waals surface area contributed by atoms with Crippen molar-refractivity contribution in [2.24, 2.45) is 11.8 Å². The molecule has 0 saturated carbocycles. The molecule has 2 heteroatoms. The highest BCUT2D eigenvalue weighted by molar-refractivity contribution is 6.12. The second-order valence-electron chi connectivity index (χ2n) is 14.0. The number of allylic oxidation sites excluding steroid dienone is 1. The SMILES string of the molecule is Cc1ccc(N(c2ccccc2)c2c3c(c(N(c4ccccc4)c4ccc(C)cc4)c4ccc(C(C)C)cc24)CC(C(C)C)C=C3)cc1. The number of nitrogens with zero attached hydrogens (tertiary/aromatic N) is 2. The average molecular weight is 627 g/mol. The van der Waals surface area contributed by atoms with Crippen LogP contribution in [0.4, 0.5) is 34.1 Å². The molecule has 6 aromatic rings. The van der Waals surface area contributed by atoms with E-state index in [1.54, 1.807) is 0 Å². The molecule has 1 aliphatic carbocycles. The van der Waals surface area contributed by atoms with Gasteiger partial charge in [-0.3, -0.25) is 0 Å². The summed E-state index contributed by atoms with van der Waals surface area (Å²) in [7, 11) is 0. The number of hydrogen-bond acceptors (Lipinski definition) is 2. The lowest BCUT2D eigenvalue weighted by Gasteiger charge is -2.37. The summed E-state index contributed by atoms with van der Waals surface area (Å²) >= 11 is 0. The number of benzene rings is 6. The van der Waals surface area contributed by atoms with Gasteiger partial charge < -0.3 is 9.80 Å². The van der Waals surface area contributed by atoms with E-state index < -0.39 is 0 Å². The van der Waals surface area contributed by atoms with Crippen LogP contribution in [0.25, 0.3) is 16.8 Å². The minimum absolute atomic E-state index is 0.398. The van der Waals surface area contributed by atoms with Crippen LogP contribution in [0.1, 0.15) is 61.4 Å². The third kappa shape index (κ3) is 5.92. The molecule has 0 bridgehead atoms. The number of rotatable bonds is 8. The number of anilines is 6. The molecule has 1 unspecified atom stereocenters. The van der Waals surface area contributed by atoms with Gasteiger partial charge in [0.05, 0.1) is 11.4 Å². The molecule has 7 rings (SSSR count). The van der Waals surface area contributed by atoms with Gasteiger partial charge in [-0.25, -0.2) is 0 Å². The van der Waals surface area contributed by atoms with Crippen molar-refractivity contribution in [3.63, 3.8) is 0 Å². The van der Waals surface area contributed by atoms with Crippen LogP contribution < -0.4 is 9.80 Å². The second kappa shape index (κ2) is 13.2. The van der Waals surface area contributed by atoms with Gasteiger partial charge in [0.1, 0.15) is 0 Å². The first-order chi connectivity index (χ1) is 23.3. The molecule has 0 N–H and O–H groups in total. The van der Waals surface area contributed by atoms with Gasteiger partial charge in [0, 0.05) is 39.1 Å². The van der Waals surface area contributed by atoms with Crippen LogP contribution in [0.5, 0.6) is 0 Å². The van der Waals surface area contributed by atoms with Crippen LogP contribution in [-0.4, -0.2) is 0 Å². The van der Waals surface area contributed by atoms with Gasteiger partial charge in [-0.2, -0.15) is 0 Å². The molecule has 0 radical (unpaired) electrons. The summed E-state index contributed by atoms with van der Waals surface area (Å²) in [4.78, 5) is 5.00. The van der Waals surface area contributed by atoms with Crippen molar-refractivity contribution in [1.82, 2.24) is 0 Å². The van der Waals surface area contributed by atoms with Gasteiger partial charge in [-0.05, 0) is 104 Å². The van der Waals surface area contributed by atoms with Crippen LogP contribution in [0.2, 0.25) is 0 Å². The minimum atomic E-state index is 0.398. The van der Waals surface area contributed by atoms with Crippen LogP contribution in [0.15, 0.2) is 133 Å². The highest BCUT2D eigenvalue weighted by Gasteiger charge is 2.31. The molecule has 0 spiro atoms. The Kier molecular flexibility index (Phi) is 8.67. The van der Waals surface area contributed by atoms with Gasteiger partial charge in [0.25, 0.3) is 0 Å². The van der Waals surface area contributed by atoms with E-state index in [2.05, 4.69) is 191 Å². The molecule has 0 heterocycles. The lowest BCUT2D eigenvalue weighted by molar-refractivity contribution is 0.462. The molecule has 0 aliphatic heterocycles. The Bertz CT molecular complexity index is 2050. The first kappa shape index (κ1) is 31.5. The van der Waals surface area contributed by atoms with Crippen LogP contribution in [0, 0.1) is 25.7 Å². The number of fused-ring (bicyclic) bond motifs is 2. The fourth-order valence-corrected chi connectivity index (χ4v) is 7.12. The first-order valence-electron chi connectivity index (χ1n) is 17.4. The Morgan fingerprint density at radius 1 is 0.542 bits per heavy atom. The number of hydrogen-bond donors (Lipinski definition) is 0. The summed E-state index contributed by atoms with van der Waals surface area (Å²) in [5.74, 6) is 1.36. The van der Waals surface area contributed by atoms with Gasteiger partial charge >= 0.3 is 0 Å². The van der Waals surface area contributed by atoms with Gasteiger partial charge in [-0.1, -0.05) is 124 Å². The quantitative estimate of drug-likeness (QED) is 0.155. The van der Waals surface area contributed by atoms with E-state index in [-0.39, 0.29) is 0 Å². The molecule has 0 fully saturated rings. The van der Waals surface area contributed by atoms with Crippen molar-refractivity contribution in [2.45, 2.75) is 53.9 Å². The molecular weight excluding hydrogens is 581 g/mol. The highest BCUT2D eigenvalue weighted by Crippen LogP contribution is 2.52. The summed E-state index contributed by atoms with van der Waals surface area (Å²) in [5, 5.41) is 2.53. The predicted molar refractivity (Wildman–Crippen MR) is 208 cm³/mol. The Labute approximate surface area is 287 Å². The fraction of sp³-hybridized carbons (Fsp3) is 0.217. The summed E-state index contributed by atoms with van der Waals surface area (Å²) in [6.45, 7) is 13.6. The monoisotopic (exact) mass is 626 g/mol. The lowest BCUT2D eigenvalue weighted by atomic mass is 9.79. The maximum Gasteiger partial charge on any atom is 0.0616 e. The molecule has 6 aromatic carbocycles.